The normalized spacial score (nSPS) is 14.7. The van der Waals surface area contributed by atoms with Crippen LogP contribution in [0.3, 0.4) is 0 Å². The van der Waals surface area contributed by atoms with Crippen LogP contribution in [-0.4, -0.2) is 85.3 Å². The maximum atomic E-state index is 15.0. The molecule has 0 spiro atoms. The van der Waals surface area contributed by atoms with E-state index in [-0.39, 0.29) is 22.8 Å². The van der Waals surface area contributed by atoms with Gasteiger partial charge in [0.2, 0.25) is 15.8 Å². The number of sulfonamides is 1. The fraction of sp³-hybridized carbons (Fsp3) is 0.348. The first-order valence-electron chi connectivity index (χ1n) is 11.1. The van der Waals surface area contributed by atoms with Crippen molar-refractivity contribution in [1.29, 1.82) is 0 Å². The van der Waals surface area contributed by atoms with E-state index >= 15 is 0 Å². The molecule has 1 fully saturated rings. The van der Waals surface area contributed by atoms with E-state index in [0.29, 0.717) is 32.1 Å². The molecular formula is C23H27FN6O4S. The summed E-state index contributed by atoms with van der Waals surface area (Å²) < 4.78 is 44.7. The van der Waals surface area contributed by atoms with Gasteiger partial charge in [0.05, 0.1) is 18.1 Å². The van der Waals surface area contributed by atoms with Crippen LogP contribution < -0.4 is 5.14 Å². The predicted octanol–water partition coefficient (Wildman–Crippen LogP) is 1.05. The molecule has 1 saturated heterocycles. The Labute approximate surface area is 203 Å². The molecule has 10 nitrogen and oxygen atoms in total. The van der Waals surface area contributed by atoms with E-state index in [4.69, 9.17) is 9.88 Å². The summed E-state index contributed by atoms with van der Waals surface area (Å²) in [5.41, 5.74) is 0.855. The second kappa shape index (κ2) is 10.6. The highest BCUT2D eigenvalue weighted by Crippen LogP contribution is 2.20. The Hall–Kier alpha value is -3.19. The van der Waals surface area contributed by atoms with Gasteiger partial charge in [0.1, 0.15) is 17.3 Å². The third-order valence-electron chi connectivity index (χ3n) is 5.75. The van der Waals surface area contributed by atoms with Crippen LogP contribution in [0.25, 0.3) is 5.69 Å². The molecular weight excluding hydrogens is 475 g/mol. The Morgan fingerprint density at radius 2 is 1.89 bits per heavy atom. The zero-order chi connectivity index (χ0) is 25.0. The monoisotopic (exact) mass is 502 g/mol. The molecule has 0 bridgehead atoms. The number of carbonyl (C=O) groups is 1. The van der Waals surface area contributed by atoms with Crippen molar-refractivity contribution >= 4 is 15.9 Å². The van der Waals surface area contributed by atoms with Crippen molar-refractivity contribution in [3.05, 3.63) is 71.6 Å². The Bertz CT molecular complexity index is 1290. The van der Waals surface area contributed by atoms with Crippen LogP contribution in [0.15, 0.2) is 53.4 Å². The minimum absolute atomic E-state index is 0.0362. The van der Waals surface area contributed by atoms with E-state index in [1.165, 1.54) is 21.7 Å². The van der Waals surface area contributed by atoms with E-state index in [1.54, 1.807) is 7.05 Å². The topological polar surface area (TPSA) is 124 Å². The predicted molar refractivity (Wildman–Crippen MR) is 126 cm³/mol. The second-order valence-electron chi connectivity index (χ2n) is 8.26. The van der Waals surface area contributed by atoms with Crippen LogP contribution in [0.4, 0.5) is 4.39 Å². The minimum atomic E-state index is -4.08. The summed E-state index contributed by atoms with van der Waals surface area (Å²) in [5, 5.41) is 9.42. The Morgan fingerprint density at radius 3 is 2.54 bits per heavy atom. The number of primary sulfonamides is 1. The van der Waals surface area contributed by atoms with Crippen LogP contribution in [-0.2, 0) is 21.2 Å². The Balaban J connectivity index is 1.62. The van der Waals surface area contributed by atoms with Crippen LogP contribution in [0.5, 0.6) is 0 Å². The zero-order valence-corrected chi connectivity index (χ0v) is 20.1. The molecule has 0 saturated carbocycles. The molecule has 4 rings (SSSR count). The molecule has 2 N–H and O–H groups in total. The quantitative estimate of drug-likeness (QED) is 0.488. The molecule has 0 unspecified atom stereocenters. The van der Waals surface area contributed by atoms with Gasteiger partial charge < -0.3 is 9.64 Å². The molecule has 0 aliphatic carbocycles. The number of amides is 1. The molecule has 1 aromatic heterocycles. The third-order valence-corrected chi connectivity index (χ3v) is 6.66. The molecule has 186 valence electrons. The summed E-state index contributed by atoms with van der Waals surface area (Å²) in [6, 6.07) is 12.6. The molecule has 0 radical (unpaired) electrons. The molecule has 1 amide bonds. The van der Waals surface area contributed by atoms with Gasteiger partial charge in [-0.2, -0.15) is 0 Å². The molecule has 12 heteroatoms. The molecule has 1 aliphatic rings. The summed E-state index contributed by atoms with van der Waals surface area (Å²) in [6.07, 6.45) is 0.287. The van der Waals surface area contributed by atoms with Crippen LogP contribution in [0, 0.1) is 5.82 Å². The number of halogens is 1. The van der Waals surface area contributed by atoms with Crippen molar-refractivity contribution in [2.75, 3.05) is 46.4 Å². The Kier molecular flexibility index (Phi) is 7.55. The molecule has 1 aliphatic heterocycles. The molecule has 0 atom stereocenters. The van der Waals surface area contributed by atoms with Gasteiger partial charge in [0.25, 0.3) is 5.91 Å². The van der Waals surface area contributed by atoms with Crippen molar-refractivity contribution in [1.82, 2.24) is 24.6 Å². The number of aromatic nitrogens is 3. The maximum absolute atomic E-state index is 15.0. The first-order valence-corrected chi connectivity index (χ1v) is 12.6. The number of carbonyl (C=O) groups excluding carboxylic acids is 1. The van der Waals surface area contributed by atoms with E-state index in [2.05, 4.69) is 15.0 Å². The van der Waals surface area contributed by atoms with Crippen LogP contribution >= 0.6 is 0 Å². The lowest BCUT2D eigenvalue weighted by atomic mass is 10.1. The van der Waals surface area contributed by atoms with Gasteiger partial charge in [-0.15, -0.1) is 5.10 Å². The number of nitrogens with two attached hydrogens (primary N) is 1. The van der Waals surface area contributed by atoms with Crippen molar-refractivity contribution < 1.29 is 22.3 Å². The van der Waals surface area contributed by atoms with Gasteiger partial charge in [0, 0.05) is 39.6 Å². The molecule has 35 heavy (non-hydrogen) atoms. The number of benzene rings is 2. The summed E-state index contributed by atoms with van der Waals surface area (Å²) >= 11 is 0. The van der Waals surface area contributed by atoms with Crippen molar-refractivity contribution in [3.8, 4) is 5.69 Å². The number of hydrogen-bond donors (Lipinski definition) is 1. The summed E-state index contributed by atoms with van der Waals surface area (Å²) in [7, 11) is -2.41. The minimum Gasteiger partial charge on any atom is -0.379 e. The number of likely N-dealkylation sites (N-methyl/N-ethyl adjacent to an activating group) is 1. The summed E-state index contributed by atoms with van der Waals surface area (Å²) in [4.78, 5) is 20.9. The van der Waals surface area contributed by atoms with E-state index in [9.17, 15) is 17.6 Å². The second-order valence-corrected chi connectivity index (χ2v) is 9.83. The number of ether oxygens (including phenoxy) is 1. The highest BCUT2D eigenvalue weighted by atomic mass is 32.2. The number of hydrogen-bond acceptors (Lipinski definition) is 7. The van der Waals surface area contributed by atoms with Gasteiger partial charge in [-0.25, -0.2) is 27.6 Å². The fourth-order valence-corrected chi connectivity index (χ4v) is 4.27. The molecule has 2 aromatic carbocycles. The van der Waals surface area contributed by atoms with Crippen LogP contribution in [0.1, 0.15) is 22.0 Å². The summed E-state index contributed by atoms with van der Waals surface area (Å²) in [6.45, 7) is 4.12. The van der Waals surface area contributed by atoms with E-state index in [0.717, 1.165) is 24.7 Å². The number of rotatable bonds is 8. The lowest BCUT2D eigenvalue weighted by molar-refractivity contribution is 0.0337. The van der Waals surface area contributed by atoms with Gasteiger partial charge in [-0.05, 0) is 23.8 Å². The molecule has 3 aromatic rings. The van der Waals surface area contributed by atoms with Gasteiger partial charge in [-0.3, -0.25) is 9.69 Å². The number of morpholine rings is 1. The Morgan fingerprint density at radius 1 is 1.17 bits per heavy atom. The standard InChI is InChI=1S/C23H27FN6O4S/c1-28(9-10-29-11-13-34-14-12-29)23(31)22-26-21(15-17-5-3-2-4-6-17)30(27-22)20-8-7-18(16-19(20)24)35(25,32)33/h2-8,16H,9-15H2,1H3,(H2,25,32,33). The smallest absolute Gasteiger partial charge is 0.293 e. The third kappa shape index (κ3) is 6.09. The fourth-order valence-electron chi connectivity index (χ4n) is 3.75. The maximum Gasteiger partial charge on any atom is 0.293 e. The highest BCUT2D eigenvalue weighted by molar-refractivity contribution is 7.89. The van der Waals surface area contributed by atoms with Crippen LogP contribution in [0.2, 0.25) is 0 Å². The lowest BCUT2D eigenvalue weighted by Gasteiger charge is -2.28. The van der Waals surface area contributed by atoms with Crippen molar-refractivity contribution in [2.24, 2.45) is 5.14 Å². The van der Waals surface area contributed by atoms with E-state index < -0.39 is 21.7 Å². The first kappa shape index (κ1) is 24.9. The van der Waals surface area contributed by atoms with Gasteiger partial charge in [-0.1, -0.05) is 30.3 Å². The lowest BCUT2D eigenvalue weighted by Crippen LogP contribution is -2.42. The summed E-state index contributed by atoms with van der Waals surface area (Å²) in [5.74, 6) is -0.984. The van der Waals surface area contributed by atoms with E-state index in [1.807, 2.05) is 30.3 Å². The van der Waals surface area contributed by atoms with Gasteiger partial charge in [0.15, 0.2) is 0 Å². The first-order chi connectivity index (χ1) is 16.7. The average Bonchev–Trinajstić information content (AvgIpc) is 3.26. The average molecular weight is 503 g/mol. The SMILES string of the molecule is CN(CCN1CCOCC1)C(=O)c1nc(Cc2ccccc2)n(-c2ccc(S(N)(=O)=O)cc2F)n1. The highest BCUT2D eigenvalue weighted by Gasteiger charge is 2.23. The molecule has 2 heterocycles. The van der Waals surface area contributed by atoms with Gasteiger partial charge >= 0.3 is 0 Å². The zero-order valence-electron chi connectivity index (χ0n) is 19.3. The van der Waals surface area contributed by atoms with Crippen molar-refractivity contribution in [2.45, 2.75) is 11.3 Å². The van der Waals surface area contributed by atoms with Crippen molar-refractivity contribution in [3.63, 3.8) is 0 Å². The largest absolute Gasteiger partial charge is 0.379 e. The number of nitrogens with zero attached hydrogens (tertiary/aromatic N) is 5.